The summed E-state index contributed by atoms with van der Waals surface area (Å²) < 4.78 is 6.12. The van der Waals surface area contributed by atoms with Crippen LogP contribution < -0.4 is 20.3 Å². The van der Waals surface area contributed by atoms with Gasteiger partial charge < -0.3 is 40.5 Å². The normalized spacial score (nSPS) is 25.4. The molecule has 1 saturated heterocycles. The lowest BCUT2D eigenvalue weighted by Gasteiger charge is -2.50. The zero-order chi connectivity index (χ0) is 43.2. The van der Waals surface area contributed by atoms with Crippen LogP contribution in [0.4, 0.5) is 5.69 Å². The Balaban J connectivity index is 1.49. The summed E-state index contributed by atoms with van der Waals surface area (Å²) in [6.45, 7) is 13.6. The quantitative estimate of drug-likeness (QED) is 0.126. The first-order chi connectivity index (χ1) is 28.0. The van der Waals surface area contributed by atoms with Crippen molar-refractivity contribution in [3.8, 4) is 16.9 Å². The maximum atomic E-state index is 14.4. The Bertz CT molecular complexity index is 1860. The molecule has 0 bridgehead atoms. The number of methoxy groups -OCH3 is 1. The predicted octanol–water partition coefficient (Wildman–Crippen LogP) is 4.99. The molecule has 2 fully saturated rings. The highest BCUT2D eigenvalue weighted by atomic mass is 16.7. The molecule has 12 nitrogen and oxygen atoms in total. The maximum Gasteiger partial charge on any atom is 0.251 e. The smallest absolute Gasteiger partial charge is 0.251 e. The molecule has 1 saturated carbocycles. The molecule has 5 rings (SSSR count). The van der Waals surface area contributed by atoms with Crippen LogP contribution in [0.1, 0.15) is 69.4 Å². The minimum Gasteiger partial charge on any atom is -0.496 e. The Hall–Kier alpha value is -4.04. The molecule has 12 heteroatoms. The summed E-state index contributed by atoms with van der Waals surface area (Å²) in [5.41, 5.74) is 4.63. The lowest BCUT2D eigenvalue weighted by molar-refractivity contribution is -0.182. The Morgan fingerprint density at radius 3 is 2.36 bits per heavy atom. The monoisotopic (exact) mass is 816 g/mol. The van der Waals surface area contributed by atoms with Crippen LogP contribution in [-0.2, 0) is 22.6 Å². The van der Waals surface area contributed by atoms with E-state index in [-0.39, 0.29) is 55.0 Å². The van der Waals surface area contributed by atoms with Gasteiger partial charge in [0.1, 0.15) is 17.9 Å². The average molecular weight is 816 g/mol. The zero-order valence-electron chi connectivity index (χ0n) is 36.8. The highest BCUT2D eigenvalue weighted by Gasteiger charge is 2.51. The molecule has 5 N–H and O–H groups in total. The second-order valence-corrected chi connectivity index (χ2v) is 17.9. The number of amides is 2. The van der Waals surface area contributed by atoms with E-state index in [1.54, 1.807) is 19.1 Å². The summed E-state index contributed by atoms with van der Waals surface area (Å²) in [6, 6.07) is 20.4. The van der Waals surface area contributed by atoms with E-state index >= 15 is 0 Å². The number of carbonyl (C=O) groups is 2. The molecule has 0 radical (unpaired) electrons. The standard InChI is InChI=1S/C47H69N5O7/c1-29-21-40(30(2)31(3)47(29,5)6)49-46(57)43-42(32(4)55)41(28-54)59-52(43)26-34-17-14-18-39(44(34)58-10)35-23-36(25-38(24-35)51(9)19-20-53)45(56)48-37(27-50(7)8)22-33-15-12-11-13-16-33/h11-18,23-25,29-32,37,40-43,53-55H,19-22,26-28H2,1-10H3,(H,48,56)(H,49,57)/t29-,30+,31+,32+,37+,40+,41+,42-,43+/m1/s1. The molecule has 59 heavy (non-hydrogen) atoms. The molecule has 3 aromatic carbocycles. The zero-order valence-corrected chi connectivity index (χ0v) is 36.8. The van der Waals surface area contributed by atoms with Crippen LogP contribution in [0.3, 0.4) is 0 Å². The number of hydroxylamine groups is 2. The van der Waals surface area contributed by atoms with Gasteiger partial charge in [0.2, 0.25) is 5.91 Å². The van der Waals surface area contributed by atoms with Gasteiger partial charge in [-0.1, -0.05) is 83.1 Å². The highest BCUT2D eigenvalue weighted by Crippen LogP contribution is 2.48. The fourth-order valence-corrected chi connectivity index (χ4v) is 9.22. The van der Waals surface area contributed by atoms with E-state index in [1.807, 2.05) is 80.6 Å². The molecule has 2 amide bonds. The minimum atomic E-state index is -0.935. The van der Waals surface area contributed by atoms with Gasteiger partial charge in [0.05, 0.1) is 33.0 Å². The summed E-state index contributed by atoms with van der Waals surface area (Å²) in [5, 5.41) is 39.5. The number of carbonyl (C=O) groups excluding carboxylic acids is 2. The van der Waals surface area contributed by atoms with E-state index in [4.69, 9.17) is 9.57 Å². The van der Waals surface area contributed by atoms with Crippen molar-refractivity contribution in [1.82, 2.24) is 20.6 Å². The summed E-state index contributed by atoms with van der Waals surface area (Å²) in [6.07, 6.45) is -0.224. The Morgan fingerprint density at radius 2 is 1.73 bits per heavy atom. The van der Waals surface area contributed by atoms with Gasteiger partial charge in [-0.15, -0.1) is 0 Å². The van der Waals surface area contributed by atoms with Crippen LogP contribution in [0.2, 0.25) is 0 Å². The van der Waals surface area contributed by atoms with Gasteiger partial charge in [-0.3, -0.25) is 14.4 Å². The van der Waals surface area contributed by atoms with E-state index in [1.165, 1.54) is 0 Å². The fourth-order valence-electron chi connectivity index (χ4n) is 9.22. The molecule has 0 unspecified atom stereocenters. The van der Waals surface area contributed by atoms with Gasteiger partial charge >= 0.3 is 0 Å². The number of ether oxygens (including phenoxy) is 1. The van der Waals surface area contributed by atoms with Crippen molar-refractivity contribution in [1.29, 1.82) is 0 Å². The van der Waals surface area contributed by atoms with Gasteiger partial charge in [0, 0.05) is 60.5 Å². The number of nitrogens with one attached hydrogen (secondary N) is 2. The lowest BCUT2D eigenvalue weighted by Crippen LogP contribution is -2.56. The number of aliphatic hydroxyl groups is 3. The molecule has 1 heterocycles. The molecule has 0 spiro atoms. The third kappa shape index (κ3) is 10.6. The third-order valence-electron chi connectivity index (χ3n) is 13.4. The van der Waals surface area contributed by atoms with Crippen LogP contribution in [-0.4, -0.2) is 122 Å². The lowest BCUT2D eigenvalue weighted by atomic mass is 9.58. The number of hydrogen-bond acceptors (Lipinski definition) is 10. The predicted molar refractivity (Wildman–Crippen MR) is 233 cm³/mol. The Morgan fingerprint density at radius 1 is 1.02 bits per heavy atom. The minimum absolute atomic E-state index is 0.0535. The topological polar surface area (TPSA) is 147 Å². The van der Waals surface area contributed by atoms with Crippen molar-refractivity contribution < 1.29 is 34.5 Å². The van der Waals surface area contributed by atoms with Crippen molar-refractivity contribution in [2.45, 2.75) is 91.3 Å². The number of aliphatic hydroxyl groups excluding tert-OH is 3. The van der Waals surface area contributed by atoms with E-state index in [0.717, 1.165) is 34.4 Å². The van der Waals surface area contributed by atoms with Gasteiger partial charge in [0.15, 0.2) is 0 Å². The van der Waals surface area contributed by atoms with Crippen molar-refractivity contribution in [2.75, 3.05) is 59.5 Å². The molecule has 2 aliphatic rings. The van der Waals surface area contributed by atoms with E-state index in [9.17, 15) is 24.9 Å². The van der Waals surface area contributed by atoms with Gasteiger partial charge in [0.25, 0.3) is 5.91 Å². The van der Waals surface area contributed by atoms with Crippen molar-refractivity contribution in [2.24, 2.45) is 29.1 Å². The average Bonchev–Trinajstić information content (AvgIpc) is 3.58. The number of benzene rings is 3. The maximum absolute atomic E-state index is 14.4. The van der Waals surface area contributed by atoms with Gasteiger partial charge in [-0.25, -0.2) is 0 Å². The largest absolute Gasteiger partial charge is 0.496 e. The highest BCUT2D eigenvalue weighted by molar-refractivity contribution is 5.97. The number of likely N-dealkylation sites (N-methyl/N-ethyl adjacent to an activating group) is 2. The Kier molecular flexibility index (Phi) is 15.6. The molecule has 3 aromatic rings. The first kappa shape index (κ1) is 46.0. The van der Waals surface area contributed by atoms with Gasteiger partial charge in [-0.2, -0.15) is 5.06 Å². The number of nitrogens with zero attached hydrogens (tertiary/aromatic N) is 3. The van der Waals surface area contributed by atoms with Crippen LogP contribution >= 0.6 is 0 Å². The summed E-state index contributed by atoms with van der Waals surface area (Å²) in [4.78, 5) is 38.8. The van der Waals surface area contributed by atoms with E-state index < -0.39 is 24.2 Å². The van der Waals surface area contributed by atoms with E-state index in [2.05, 4.69) is 62.3 Å². The summed E-state index contributed by atoms with van der Waals surface area (Å²) in [7, 11) is 7.44. The first-order valence-corrected chi connectivity index (χ1v) is 21.2. The van der Waals surface area contributed by atoms with E-state index in [0.29, 0.717) is 42.7 Å². The molecule has 9 atom stereocenters. The van der Waals surface area contributed by atoms with Crippen LogP contribution in [0.25, 0.3) is 11.1 Å². The molecule has 0 aromatic heterocycles. The summed E-state index contributed by atoms with van der Waals surface area (Å²) >= 11 is 0. The molecular weight excluding hydrogens is 747 g/mol. The van der Waals surface area contributed by atoms with Gasteiger partial charge in [-0.05, 0) is 86.4 Å². The number of anilines is 1. The number of hydrogen-bond donors (Lipinski definition) is 5. The second kappa shape index (κ2) is 20.0. The molecular formula is C47H69N5O7. The Labute approximate surface area is 351 Å². The van der Waals surface area contributed by atoms with Crippen molar-refractivity contribution in [3.63, 3.8) is 0 Å². The SMILES string of the molecule is COc1c(CN2O[C@@H](CO)[C@@H]([C@H](C)O)[C@H]2C(=O)N[C@H]2C[C@@H](C)C(C)(C)[C@@H](C)[C@@H]2C)cccc1-c1cc(C(=O)N[C@@H](Cc2ccccc2)CN(C)C)cc(N(C)CCO)c1. The van der Waals surface area contributed by atoms with Crippen LogP contribution in [0, 0.1) is 29.1 Å². The van der Waals surface area contributed by atoms with Crippen molar-refractivity contribution >= 4 is 17.5 Å². The van der Waals surface area contributed by atoms with Crippen LogP contribution in [0.15, 0.2) is 66.7 Å². The molecule has 1 aliphatic carbocycles. The fraction of sp³-hybridized carbons (Fsp3) is 0.574. The molecule has 324 valence electrons. The summed E-state index contributed by atoms with van der Waals surface area (Å²) in [5.74, 6) is 0.386. The number of para-hydroxylation sites is 1. The van der Waals surface area contributed by atoms with Crippen LogP contribution in [0.5, 0.6) is 5.75 Å². The van der Waals surface area contributed by atoms with Crippen molar-refractivity contribution in [3.05, 3.63) is 83.4 Å². The second-order valence-electron chi connectivity index (χ2n) is 17.9. The molecule has 1 aliphatic heterocycles. The number of rotatable bonds is 17. The third-order valence-corrected chi connectivity index (χ3v) is 13.4. The first-order valence-electron chi connectivity index (χ1n) is 21.2.